The molecule has 0 unspecified atom stereocenters. The van der Waals surface area contributed by atoms with Gasteiger partial charge in [-0.25, -0.2) is 9.97 Å². The van der Waals surface area contributed by atoms with Crippen LogP contribution in [0.4, 0.5) is 5.95 Å². The van der Waals surface area contributed by atoms with Crippen LogP contribution in [-0.2, 0) is 30.3 Å². The summed E-state index contributed by atoms with van der Waals surface area (Å²) in [6, 6.07) is 0. The first kappa shape index (κ1) is 21.5. The third kappa shape index (κ3) is 6.15. The van der Waals surface area contributed by atoms with Crippen LogP contribution >= 0.6 is 0 Å². The predicted octanol–water partition coefficient (Wildman–Crippen LogP) is 1.34. The number of aromatic nitrogens is 4. The van der Waals surface area contributed by atoms with Gasteiger partial charge in [-0.2, -0.15) is 4.98 Å². The molecule has 2 rings (SSSR count). The maximum Gasteiger partial charge on any atom is 0.302 e. The molecule has 0 bridgehead atoms. The fourth-order valence-electron chi connectivity index (χ4n) is 2.58. The van der Waals surface area contributed by atoms with Crippen molar-refractivity contribution in [3.63, 3.8) is 0 Å². The van der Waals surface area contributed by atoms with Gasteiger partial charge < -0.3 is 24.5 Å². The second-order valence-corrected chi connectivity index (χ2v) is 7.05. The number of nitrogen functional groups attached to an aromatic ring is 1. The van der Waals surface area contributed by atoms with Crippen molar-refractivity contribution in [2.24, 2.45) is 5.41 Å². The molecule has 0 aliphatic heterocycles. The van der Waals surface area contributed by atoms with E-state index in [-0.39, 0.29) is 31.9 Å². The molecule has 28 heavy (non-hydrogen) atoms. The number of nitrogens with two attached hydrogens (primary N) is 1. The molecular weight excluding hydrogens is 366 g/mol. The summed E-state index contributed by atoms with van der Waals surface area (Å²) in [6.45, 7) is 7.35. The Morgan fingerprint density at radius 3 is 2.36 bits per heavy atom. The molecule has 2 aromatic rings. The molecule has 0 saturated heterocycles. The van der Waals surface area contributed by atoms with E-state index in [1.54, 1.807) is 12.5 Å². The Bertz CT molecular complexity index is 802. The maximum atomic E-state index is 11.4. The fourth-order valence-corrected chi connectivity index (χ4v) is 2.58. The molecule has 0 amide bonds. The first-order valence-corrected chi connectivity index (χ1v) is 9.02. The van der Waals surface area contributed by atoms with Gasteiger partial charge in [-0.15, -0.1) is 0 Å². The highest BCUT2D eigenvalue weighted by molar-refractivity contribution is 5.70. The monoisotopic (exact) mass is 393 g/mol. The van der Waals surface area contributed by atoms with E-state index in [0.717, 1.165) is 0 Å². The first-order chi connectivity index (χ1) is 13.2. The van der Waals surface area contributed by atoms with Gasteiger partial charge >= 0.3 is 11.9 Å². The van der Waals surface area contributed by atoms with Crippen molar-refractivity contribution in [3.8, 4) is 0 Å². The van der Waals surface area contributed by atoms with Crippen LogP contribution in [0.2, 0.25) is 0 Å². The number of ether oxygens (including phenoxy) is 3. The number of hydrogen-bond donors (Lipinski definition) is 1. The van der Waals surface area contributed by atoms with E-state index in [0.29, 0.717) is 24.1 Å². The Balaban J connectivity index is 2.24. The highest BCUT2D eigenvalue weighted by atomic mass is 16.6. The SMILES string of the molecule is CC(=O)OCC(CCn1cnc2cnc(N)nc21)(COC(C)=O)COC(C)C. The predicted molar refractivity (Wildman–Crippen MR) is 101 cm³/mol. The molecule has 0 aliphatic rings. The molecule has 0 atom stereocenters. The molecule has 154 valence electrons. The number of fused-ring (bicyclic) bond motifs is 1. The lowest BCUT2D eigenvalue weighted by Crippen LogP contribution is -2.40. The van der Waals surface area contributed by atoms with E-state index in [9.17, 15) is 9.59 Å². The number of rotatable bonds is 10. The first-order valence-electron chi connectivity index (χ1n) is 9.02. The van der Waals surface area contributed by atoms with Crippen LogP contribution in [-0.4, -0.2) is 57.4 Å². The van der Waals surface area contributed by atoms with Crippen LogP contribution in [0.15, 0.2) is 12.5 Å². The molecule has 2 aromatic heterocycles. The largest absolute Gasteiger partial charge is 0.465 e. The van der Waals surface area contributed by atoms with E-state index >= 15 is 0 Å². The average molecular weight is 393 g/mol. The van der Waals surface area contributed by atoms with E-state index in [4.69, 9.17) is 19.9 Å². The molecule has 0 fully saturated rings. The van der Waals surface area contributed by atoms with Gasteiger partial charge in [0.1, 0.15) is 18.7 Å². The zero-order valence-corrected chi connectivity index (χ0v) is 16.7. The summed E-state index contributed by atoms with van der Waals surface area (Å²) in [5.41, 5.74) is 6.19. The molecule has 10 nitrogen and oxygen atoms in total. The number of aryl methyl sites for hydroxylation is 1. The van der Waals surface area contributed by atoms with Gasteiger partial charge in [0, 0.05) is 20.4 Å². The minimum atomic E-state index is -0.712. The average Bonchev–Trinajstić information content (AvgIpc) is 3.02. The molecule has 2 heterocycles. The summed E-state index contributed by atoms with van der Waals surface area (Å²) in [7, 11) is 0. The van der Waals surface area contributed by atoms with E-state index in [1.807, 2.05) is 18.4 Å². The number of carbonyl (C=O) groups is 2. The highest BCUT2D eigenvalue weighted by Crippen LogP contribution is 2.27. The van der Waals surface area contributed by atoms with Crippen molar-refractivity contribution < 1.29 is 23.8 Å². The number of nitrogens with zero attached hydrogens (tertiary/aromatic N) is 4. The van der Waals surface area contributed by atoms with Crippen LogP contribution in [0.25, 0.3) is 11.2 Å². The molecular formula is C18H27N5O5. The van der Waals surface area contributed by atoms with E-state index in [2.05, 4.69) is 15.0 Å². The standard InChI is InChI=1S/C18H27N5O5/c1-12(2)26-8-18(9-27-13(3)24,10-28-14(4)25)5-6-23-11-21-15-7-20-17(19)22-16(15)23/h7,11-12H,5-6,8-10H2,1-4H3,(H2,19,20,22). The molecule has 0 radical (unpaired) electrons. The van der Waals surface area contributed by atoms with Gasteiger partial charge in [-0.3, -0.25) is 9.59 Å². The summed E-state index contributed by atoms with van der Waals surface area (Å²) in [4.78, 5) is 35.2. The third-order valence-electron chi connectivity index (χ3n) is 4.15. The summed E-state index contributed by atoms with van der Waals surface area (Å²) in [6.07, 6.45) is 3.66. The van der Waals surface area contributed by atoms with Crippen LogP contribution in [0, 0.1) is 5.41 Å². The van der Waals surface area contributed by atoms with Crippen molar-refractivity contribution >= 4 is 29.1 Å². The Kier molecular flexibility index (Phi) is 7.27. The van der Waals surface area contributed by atoms with Crippen molar-refractivity contribution in [2.75, 3.05) is 25.6 Å². The Morgan fingerprint density at radius 2 is 1.79 bits per heavy atom. The van der Waals surface area contributed by atoms with Gasteiger partial charge in [0.2, 0.25) is 5.95 Å². The van der Waals surface area contributed by atoms with Crippen molar-refractivity contribution in [1.82, 2.24) is 19.5 Å². The topological polar surface area (TPSA) is 131 Å². The van der Waals surface area contributed by atoms with E-state index < -0.39 is 17.4 Å². The normalized spacial score (nSPS) is 11.8. The molecule has 2 N–H and O–H groups in total. The lowest BCUT2D eigenvalue weighted by Gasteiger charge is -2.33. The molecule has 0 saturated carbocycles. The van der Waals surface area contributed by atoms with Crippen LogP contribution < -0.4 is 5.73 Å². The Labute approximate surface area is 163 Å². The van der Waals surface area contributed by atoms with Gasteiger partial charge in [-0.05, 0) is 20.3 Å². The van der Waals surface area contributed by atoms with Gasteiger partial charge in [0.15, 0.2) is 5.65 Å². The summed E-state index contributed by atoms with van der Waals surface area (Å²) >= 11 is 0. The fraction of sp³-hybridized carbons (Fsp3) is 0.611. The number of carbonyl (C=O) groups excluding carboxylic acids is 2. The van der Waals surface area contributed by atoms with Crippen LogP contribution in [0.3, 0.4) is 0 Å². The Hall–Kier alpha value is -2.75. The van der Waals surface area contributed by atoms with Gasteiger partial charge in [0.05, 0.1) is 30.7 Å². The Morgan fingerprint density at radius 1 is 1.14 bits per heavy atom. The lowest BCUT2D eigenvalue weighted by atomic mass is 9.86. The molecule has 0 spiro atoms. The third-order valence-corrected chi connectivity index (χ3v) is 4.15. The lowest BCUT2D eigenvalue weighted by molar-refractivity contribution is -0.156. The van der Waals surface area contributed by atoms with Crippen LogP contribution in [0.1, 0.15) is 34.1 Å². The van der Waals surface area contributed by atoms with Gasteiger partial charge in [0.25, 0.3) is 0 Å². The quantitative estimate of drug-likeness (QED) is 0.594. The number of anilines is 1. The maximum absolute atomic E-state index is 11.4. The zero-order chi connectivity index (χ0) is 20.7. The minimum absolute atomic E-state index is 0.0318. The highest BCUT2D eigenvalue weighted by Gasteiger charge is 2.34. The van der Waals surface area contributed by atoms with E-state index in [1.165, 1.54) is 13.8 Å². The smallest absolute Gasteiger partial charge is 0.302 e. The minimum Gasteiger partial charge on any atom is -0.465 e. The zero-order valence-electron chi connectivity index (χ0n) is 16.7. The summed E-state index contributed by atoms with van der Waals surface area (Å²) in [5.74, 6) is -0.667. The molecule has 10 heteroatoms. The summed E-state index contributed by atoms with van der Waals surface area (Å²) < 4.78 is 18.2. The van der Waals surface area contributed by atoms with Crippen molar-refractivity contribution in [3.05, 3.63) is 12.5 Å². The molecule has 0 aromatic carbocycles. The van der Waals surface area contributed by atoms with Crippen molar-refractivity contribution in [2.45, 2.75) is 46.8 Å². The second kappa shape index (κ2) is 9.45. The number of imidazole rings is 1. The second-order valence-electron chi connectivity index (χ2n) is 7.05. The molecule has 0 aliphatic carbocycles. The van der Waals surface area contributed by atoms with Gasteiger partial charge in [-0.1, -0.05) is 0 Å². The van der Waals surface area contributed by atoms with Crippen LogP contribution in [0.5, 0.6) is 0 Å². The number of esters is 2. The van der Waals surface area contributed by atoms with Crippen molar-refractivity contribution in [1.29, 1.82) is 0 Å². The summed E-state index contributed by atoms with van der Waals surface area (Å²) in [5, 5.41) is 0. The number of hydrogen-bond acceptors (Lipinski definition) is 9.